The van der Waals surface area contributed by atoms with Gasteiger partial charge >= 0.3 is 0 Å². The molecule has 0 bridgehead atoms. The Morgan fingerprint density at radius 2 is 1.92 bits per heavy atom. The smallest absolute Gasteiger partial charge is 0.251 e. The van der Waals surface area contributed by atoms with Crippen LogP contribution in [0.15, 0.2) is 24.3 Å². The molecule has 0 aliphatic carbocycles. The van der Waals surface area contributed by atoms with Crippen LogP contribution in [0.25, 0.3) is 0 Å². The molecule has 1 unspecified atom stereocenters. The Hall–Kier alpha value is -1.39. The quantitative estimate of drug-likeness (QED) is 0.896. The fourth-order valence-corrected chi connectivity index (χ4v) is 3.76. The van der Waals surface area contributed by atoms with Crippen LogP contribution in [0.5, 0.6) is 0 Å². The minimum atomic E-state index is 0.0155. The van der Waals surface area contributed by atoms with Gasteiger partial charge in [-0.15, -0.1) is 0 Å². The van der Waals surface area contributed by atoms with Crippen LogP contribution >= 0.6 is 0 Å². The summed E-state index contributed by atoms with van der Waals surface area (Å²) in [6, 6.07) is 7.96. The molecule has 2 saturated heterocycles. The standard InChI is InChI=1S/C20H30N2O2/c1-19(2,3)17-6-4-16(5-7-17)18(23)22-13-15-12-20(24-14-15)8-10-21-11-9-20/h4-7,15,21H,8-14H2,1-3H3,(H,22,23). The van der Waals surface area contributed by atoms with E-state index in [0.717, 1.165) is 44.5 Å². The van der Waals surface area contributed by atoms with E-state index >= 15 is 0 Å². The van der Waals surface area contributed by atoms with Gasteiger partial charge in [0.15, 0.2) is 0 Å². The molecule has 0 saturated carbocycles. The van der Waals surface area contributed by atoms with Crippen molar-refractivity contribution in [2.45, 2.75) is 51.0 Å². The van der Waals surface area contributed by atoms with E-state index in [4.69, 9.17) is 4.74 Å². The molecule has 2 aliphatic rings. The number of hydrogen-bond acceptors (Lipinski definition) is 3. The van der Waals surface area contributed by atoms with Gasteiger partial charge in [-0.1, -0.05) is 32.9 Å². The van der Waals surface area contributed by atoms with Gasteiger partial charge in [0, 0.05) is 18.0 Å². The predicted octanol–water partition coefficient (Wildman–Crippen LogP) is 2.87. The third-order valence-corrected chi connectivity index (χ3v) is 5.37. The first-order valence-electron chi connectivity index (χ1n) is 9.11. The summed E-state index contributed by atoms with van der Waals surface area (Å²) >= 11 is 0. The van der Waals surface area contributed by atoms with Gasteiger partial charge in [-0.3, -0.25) is 4.79 Å². The van der Waals surface area contributed by atoms with Crippen molar-refractivity contribution in [1.82, 2.24) is 10.6 Å². The van der Waals surface area contributed by atoms with Crippen molar-refractivity contribution in [2.24, 2.45) is 5.92 Å². The van der Waals surface area contributed by atoms with Crippen molar-refractivity contribution in [3.63, 3.8) is 0 Å². The van der Waals surface area contributed by atoms with E-state index in [1.54, 1.807) is 0 Å². The molecule has 24 heavy (non-hydrogen) atoms. The van der Waals surface area contributed by atoms with Crippen molar-refractivity contribution < 1.29 is 9.53 Å². The molecule has 1 aromatic carbocycles. The summed E-state index contributed by atoms with van der Waals surface area (Å²) in [7, 11) is 0. The predicted molar refractivity (Wildman–Crippen MR) is 96.4 cm³/mol. The van der Waals surface area contributed by atoms with Gasteiger partial charge < -0.3 is 15.4 Å². The minimum absolute atomic E-state index is 0.0155. The van der Waals surface area contributed by atoms with E-state index < -0.39 is 0 Å². The van der Waals surface area contributed by atoms with E-state index in [2.05, 4.69) is 43.5 Å². The van der Waals surface area contributed by atoms with Crippen molar-refractivity contribution in [1.29, 1.82) is 0 Å². The zero-order valence-electron chi connectivity index (χ0n) is 15.2. The van der Waals surface area contributed by atoms with Crippen LogP contribution in [-0.2, 0) is 10.2 Å². The molecular formula is C20H30N2O2. The molecule has 2 heterocycles. The highest BCUT2D eigenvalue weighted by atomic mass is 16.5. The fourth-order valence-electron chi connectivity index (χ4n) is 3.76. The second-order valence-corrected chi connectivity index (χ2v) is 8.35. The lowest BCUT2D eigenvalue weighted by molar-refractivity contribution is -0.0196. The Kier molecular flexibility index (Phi) is 4.97. The topological polar surface area (TPSA) is 50.4 Å². The van der Waals surface area contributed by atoms with Gasteiger partial charge in [-0.05, 0) is 55.5 Å². The highest BCUT2D eigenvalue weighted by molar-refractivity contribution is 5.94. The van der Waals surface area contributed by atoms with Gasteiger partial charge in [0.2, 0.25) is 0 Å². The molecule has 0 radical (unpaired) electrons. The first-order chi connectivity index (χ1) is 11.4. The zero-order chi connectivity index (χ0) is 17.2. The molecule has 1 spiro atoms. The van der Waals surface area contributed by atoms with Crippen molar-refractivity contribution in [3.05, 3.63) is 35.4 Å². The number of piperidine rings is 1. The lowest BCUT2D eigenvalue weighted by Gasteiger charge is -2.33. The maximum Gasteiger partial charge on any atom is 0.251 e. The van der Waals surface area contributed by atoms with Crippen LogP contribution in [0, 0.1) is 5.92 Å². The third kappa shape index (κ3) is 3.98. The van der Waals surface area contributed by atoms with E-state index in [1.165, 1.54) is 5.56 Å². The lowest BCUT2D eigenvalue weighted by atomic mass is 9.86. The first-order valence-corrected chi connectivity index (χ1v) is 9.11. The van der Waals surface area contributed by atoms with Gasteiger partial charge in [-0.2, -0.15) is 0 Å². The number of nitrogens with one attached hydrogen (secondary N) is 2. The highest BCUT2D eigenvalue weighted by Crippen LogP contribution is 2.36. The molecule has 2 aliphatic heterocycles. The maximum atomic E-state index is 12.4. The lowest BCUT2D eigenvalue weighted by Crippen LogP contribution is -2.41. The molecule has 1 aromatic rings. The van der Waals surface area contributed by atoms with Gasteiger partial charge in [-0.25, -0.2) is 0 Å². The average Bonchev–Trinajstić information content (AvgIpc) is 2.95. The van der Waals surface area contributed by atoms with Crippen LogP contribution < -0.4 is 10.6 Å². The van der Waals surface area contributed by atoms with Crippen molar-refractivity contribution in [2.75, 3.05) is 26.2 Å². The number of ether oxygens (including phenoxy) is 1. The van der Waals surface area contributed by atoms with Crippen molar-refractivity contribution in [3.8, 4) is 0 Å². The molecule has 3 rings (SSSR count). The number of rotatable bonds is 3. The average molecular weight is 330 g/mol. The number of carbonyl (C=O) groups excluding carboxylic acids is 1. The zero-order valence-corrected chi connectivity index (χ0v) is 15.2. The van der Waals surface area contributed by atoms with E-state index in [1.807, 2.05) is 12.1 Å². The van der Waals surface area contributed by atoms with E-state index in [0.29, 0.717) is 12.5 Å². The van der Waals surface area contributed by atoms with E-state index in [-0.39, 0.29) is 16.9 Å². The largest absolute Gasteiger partial charge is 0.375 e. The summed E-state index contributed by atoms with van der Waals surface area (Å²) in [6.07, 6.45) is 3.25. The molecule has 2 N–H and O–H groups in total. The summed E-state index contributed by atoms with van der Waals surface area (Å²) in [5.74, 6) is 0.447. The number of carbonyl (C=O) groups is 1. The Morgan fingerprint density at radius 3 is 2.54 bits per heavy atom. The molecule has 1 atom stereocenters. The summed E-state index contributed by atoms with van der Waals surface area (Å²) in [4.78, 5) is 12.4. The molecule has 4 nitrogen and oxygen atoms in total. The monoisotopic (exact) mass is 330 g/mol. The molecule has 4 heteroatoms. The van der Waals surface area contributed by atoms with Crippen LogP contribution in [0.1, 0.15) is 56.0 Å². The molecular weight excluding hydrogens is 300 g/mol. The summed E-state index contributed by atoms with van der Waals surface area (Å²) in [6.45, 7) is 10.1. The summed E-state index contributed by atoms with van der Waals surface area (Å²) < 4.78 is 6.09. The Labute approximate surface area is 145 Å². The van der Waals surface area contributed by atoms with Crippen LogP contribution in [0.3, 0.4) is 0 Å². The SMILES string of the molecule is CC(C)(C)c1ccc(C(=O)NCC2COC3(CCNCC3)C2)cc1. The van der Waals surface area contributed by atoms with Crippen LogP contribution in [0.2, 0.25) is 0 Å². The second kappa shape index (κ2) is 6.85. The Bertz CT molecular complexity index is 568. The fraction of sp³-hybridized carbons (Fsp3) is 0.650. The van der Waals surface area contributed by atoms with E-state index in [9.17, 15) is 4.79 Å². The van der Waals surface area contributed by atoms with Gasteiger partial charge in [0.25, 0.3) is 5.91 Å². The molecule has 2 fully saturated rings. The number of amides is 1. The van der Waals surface area contributed by atoms with Crippen molar-refractivity contribution >= 4 is 5.91 Å². The third-order valence-electron chi connectivity index (χ3n) is 5.37. The maximum absolute atomic E-state index is 12.4. The van der Waals surface area contributed by atoms with Crippen LogP contribution in [0.4, 0.5) is 0 Å². The molecule has 0 aromatic heterocycles. The van der Waals surface area contributed by atoms with Gasteiger partial charge in [0.1, 0.15) is 0 Å². The highest BCUT2D eigenvalue weighted by Gasteiger charge is 2.40. The summed E-state index contributed by atoms with van der Waals surface area (Å²) in [5, 5.41) is 6.47. The van der Waals surface area contributed by atoms with Gasteiger partial charge in [0.05, 0.1) is 12.2 Å². The first kappa shape index (κ1) is 17.4. The molecule has 132 valence electrons. The second-order valence-electron chi connectivity index (χ2n) is 8.35. The summed E-state index contributed by atoms with van der Waals surface area (Å²) in [5.41, 5.74) is 2.16. The minimum Gasteiger partial charge on any atom is -0.375 e. The Morgan fingerprint density at radius 1 is 1.25 bits per heavy atom. The molecule has 1 amide bonds. The normalized spacial score (nSPS) is 23.4. The number of benzene rings is 1. The Balaban J connectivity index is 1.51. The number of hydrogen-bond donors (Lipinski definition) is 2. The van der Waals surface area contributed by atoms with Crippen LogP contribution in [-0.4, -0.2) is 37.7 Å².